The van der Waals surface area contributed by atoms with Gasteiger partial charge < -0.3 is 9.84 Å². The topological polar surface area (TPSA) is 29.5 Å². The zero-order valence-corrected chi connectivity index (χ0v) is 10.7. The molecule has 2 rings (SSSR count). The summed E-state index contributed by atoms with van der Waals surface area (Å²) in [5.41, 5.74) is 0. The maximum Gasteiger partial charge on any atom is 0.119 e. The van der Waals surface area contributed by atoms with E-state index in [-0.39, 0.29) is 0 Å². The van der Waals surface area contributed by atoms with Crippen molar-refractivity contribution in [2.24, 2.45) is 0 Å². The Bertz CT molecular complexity index is 455. The number of halogens is 1. The third-order valence-electron chi connectivity index (χ3n) is 2.25. The molecule has 1 aromatic carbocycles. The Morgan fingerprint density at radius 1 is 1.18 bits per heavy atom. The van der Waals surface area contributed by atoms with E-state index in [0.29, 0.717) is 13.0 Å². The Morgan fingerprint density at radius 3 is 2.59 bits per heavy atom. The van der Waals surface area contributed by atoms with Gasteiger partial charge in [-0.3, -0.25) is 0 Å². The van der Waals surface area contributed by atoms with Gasteiger partial charge in [-0.1, -0.05) is 29.8 Å². The van der Waals surface area contributed by atoms with Crippen molar-refractivity contribution in [2.45, 2.75) is 12.5 Å². The van der Waals surface area contributed by atoms with Gasteiger partial charge in [-0.25, -0.2) is 0 Å². The highest BCUT2D eigenvalue weighted by Gasteiger charge is 2.08. The van der Waals surface area contributed by atoms with Gasteiger partial charge in [-0.15, -0.1) is 11.3 Å². The second kappa shape index (κ2) is 6.05. The van der Waals surface area contributed by atoms with Crippen molar-refractivity contribution < 1.29 is 9.84 Å². The first kappa shape index (κ1) is 12.4. The van der Waals surface area contributed by atoms with Gasteiger partial charge in [0, 0.05) is 11.3 Å². The van der Waals surface area contributed by atoms with Crippen LogP contribution in [0.1, 0.15) is 4.88 Å². The van der Waals surface area contributed by atoms with Crippen LogP contribution in [0.15, 0.2) is 42.5 Å². The first-order chi connectivity index (χ1) is 8.24. The van der Waals surface area contributed by atoms with Gasteiger partial charge in [0.2, 0.25) is 0 Å². The van der Waals surface area contributed by atoms with Crippen molar-refractivity contribution in [3.8, 4) is 5.75 Å². The second-order valence-electron chi connectivity index (χ2n) is 3.69. The van der Waals surface area contributed by atoms with E-state index < -0.39 is 6.10 Å². The lowest BCUT2D eigenvalue weighted by Crippen LogP contribution is -2.19. The highest BCUT2D eigenvalue weighted by atomic mass is 35.5. The lowest BCUT2D eigenvalue weighted by atomic mass is 10.2. The van der Waals surface area contributed by atoms with E-state index in [9.17, 15) is 5.11 Å². The Labute approximate surface area is 109 Å². The van der Waals surface area contributed by atoms with E-state index in [1.165, 1.54) is 11.3 Å². The molecule has 4 heteroatoms. The van der Waals surface area contributed by atoms with Crippen LogP contribution < -0.4 is 4.74 Å². The number of hydrogen-bond acceptors (Lipinski definition) is 3. The molecule has 2 nitrogen and oxygen atoms in total. The number of ether oxygens (including phenoxy) is 1. The second-order valence-corrected chi connectivity index (χ2v) is 5.49. The lowest BCUT2D eigenvalue weighted by Gasteiger charge is -2.11. The summed E-state index contributed by atoms with van der Waals surface area (Å²) in [6.45, 7) is 0.291. The zero-order chi connectivity index (χ0) is 12.1. The first-order valence-corrected chi connectivity index (χ1v) is 6.53. The molecule has 1 unspecified atom stereocenters. The minimum absolute atomic E-state index is 0.291. The summed E-state index contributed by atoms with van der Waals surface area (Å²) >= 11 is 7.31. The molecular formula is C13H13ClO2S. The predicted octanol–water partition coefficient (Wildman–Crippen LogP) is 3.38. The van der Waals surface area contributed by atoms with Crippen molar-refractivity contribution in [3.05, 3.63) is 51.7 Å². The molecule has 0 spiro atoms. The summed E-state index contributed by atoms with van der Waals surface area (Å²) in [5.74, 6) is 0.774. The normalized spacial score (nSPS) is 12.4. The summed E-state index contributed by atoms with van der Waals surface area (Å²) in [5, 5.41) is 9.81. The van der Waals surface area contributed by atoms with Gasteiger partial charge in [-0.2, -0.15) is 0 Å². The van der Waals surface area contributed by atoms with Gasteiger partial charge in [0.05, 0.1) is 10.4 Å². The van der Waals surface area contributed by atoms with E-state index in [0.717, 1.165) is 15.0 Å². The van der Waals surface area contributed by atoms with E-state index in [2.05, 4.69) is 0 Å². The van der Waals surface area contributed by atoms with Crippen LogP contribution >= 0.6 is 22.9 Å². The average Bonchev–Trinajstić information content (AvgIpc) is 2.73. The predicted molar refractivity (Wildman–Crippen MR) is 71.0 cm³/mol. The molecule has 1 atom stereocenters. The number of thiophene rings is 1. The first-order valence-electron chi connectivity index (χ1n) is 5.34. The third kappa shape index (κ3) is 4.04. The van der Waals surface area contributed by atoms with Crippen LogP contribution in [0, 0.1) is 0 Å². The third-order valence-corrected chi connectivity index (χ3v) is 3.50. The van der Waals surface area contributed by atoms with Crippen LogP contribution in [0.4, 0.5) is 0 Å². The highest BCUT2D eigenvalue weighted by molar-refractivity contribution is 7.16. The molecule has 90 valence electrons. The molecule has 0 saturated heterocycles. The molecule has 0 aliphatic carbocycles. The van der Waals surface area contributed by atoms with E-state index >= 15 is 0 Å². The van der Waals surface area contributed by atoms with Gasteiger partial charge >= 0.3 is 0 Å². The molecular weight excluding hydrogens is 256 g/mol. The molecule has 1 heterocycles. The maximum atomic E-state index is 9.81. The number of aliphatic hydroxyl groups is 1. The van der Waals surface area contributed by atoms with Crippen molar-refractivity contribution in [1.82, 2.24) is 0 Å². The minimum Gasteiger partial charge on any atom is -0.491 e. The molecule has 0 radical (unpaired) electrons. The number of aliphatic hydroxyl groups excluding tert-OH is 1. The van der Waals surface area contributed by atoms with Gasteiger partial charge in [0.25, 0.3) is 0 Å². The van der Waals surface area contributed by atoms with Crippen LogP contribution in [0.5, 0.6) is 5.75 Å². The summed E-state index contributed by atoms with van der Waals surface area (Å²) in [6, 6.07) is 13.2. The monoisotopic (exact) mass is 268 g/mol. The summed E-state index contributed by atoms with van der Waals surface area (Å²) in [7, 11) is 0. The fraction of sp³-hybridized carbons (Fsp3) is 0.231. The van der Waals surface area contributed by atoms with Crippen LogP contribution in [-0.4, -0.2) is 17.8 Å². The standard InChI is InChI=1S/C13H13ClO2S/c14-13-7-6-12(17-13)8-10(15)9-16-11-4-2-1-3-5-11/h1-7,10,15H,8-9H2. The Kier molecular flexibility index (Phi) is 4.42. The van der Waals surface area contributed by atoms with Crippen molar-refractivity contribution in [2.75, 3.05) is 6.61 Å². The molecule has 2 aromatic rings. The Morgan fingerprint density at radius 2 is 1.94 bits per heavy atom. The highest BCUT2D eigenvalue weighted by Crippen LogP contribution is 2.22. The SMILES string of the molecule is OC(COc1ccccc1)Cc1ccc(Cl)s1. The lowest BCUT2D eigenvalue weighted by molar-refractivity contribution is 0.108. The molecule has 0 fully saturated rings. The van der Waals surface area contributed by atoms with Crippen LogP contribution in [-0.2, 0) is 6.42 Å². The Hall–Kier alpha value is -1.03. The largest absolute Gasteiger partial charge is 0.491 e. The summed E-state index contributed by atoms with van der Waals surface area (Å²) < 4.78 is 6.21. The van der Waals surface area contributed by atoms with Crippen molar-refractivity contribution in [3.63, 3.8) is 0 Å². The molecule has 17 heavy (non-hydrogen) atoms. The molecule has 0 aliphatic heterocycles. The quantitative estimate of drug-likeness (QED) is 0.901. The van der Waals surface area contributed by atoms with E-state index in [1.807, 2.05) is 42.5 Å². The number of benzene rings is 1. The van der Waals surface area contributed by atoms with Gasteiger partial charge in [0.15, 0.2) is 0 Å². The fourth-order valence-electron chi connectivity index (χ4n) is 1.46. The number of hydrogen-bond donors (Lipinski definition) is 1. The minimum atomic E-state index is -0.509. The molecule has 0 saturated carbocycles. The van der Waals surface area contributed by atoms with Gasteiger partial charge in [0.1, 0.15) is 12.4 Å². The maximum absolute atomic E-state index is 9.81. The van der Waals surface area contributed by atoms with E-state index in [4.69, 9.17) is 16.3 Å². The van der Waals surface area contributed by atoms with Crippen LogP contribution in [0.3, 0.4) is 0 Å². The molecule has 0 bridgehead atoms. The van der Waals surface area contributed by atoms with Crippen LogP contribution in [0.2, 0.25) is 4.34 Å². The summed E-state index contributed by atoms with van der Waals surface area (Å²) in [4.78, 5) is 1.07. The van der Waals surface area contributed by atoms with Crippen LogP contribution in [0.25, 0.3) is 0 Å². The molecule has 0 aliphatic rings. The fourth-order valence-corrected chi connectivity index (χ4v) is 2.62. The number of rotatable bonds is 5. The van der Waals surface area contributed by atoms with E-state index in [1.54, 1.807) is 0 Å². The Balaban J connectivity index is 1.80. The molecule has 1 N–H and O–H groups in total. The average molecular weight is 269 g/mol. The van der Waals surface area contributed by atoms with Gasteiger partial charge in [-0.05, 0) is 24.3 Å². The molecule has 0 amide bonds. The van der Waals surface area contributed by atoms with Crippen molar-refractivity contribution in [1.29, 1.82) is 0 Å². The summed E-state index contributed by atoms with van der Waals surface area (Å²) in [6.07, 6.45) is 0.0643. The van der Waals surface area contributed by atoms with Crippen molar-refractivity contribution >= 4 is 22.9 Å². The molecule has 1 aromatic heterocycles. The zero-order valence-electron chi connectivity index (χ0n) is 9.17. The smallest absolute Gasteiger partial charge is 0.119 e. The number of para-hydroxylation sites is 1.